The summed E-state index contributed by atoms with van der Waals surface area (Å²) in [7, 11) is 0. The summed E-state index contributed by atoms with van der Waals surface area (Å²) in [5.74, 6) is 0.106. The van der Waals surface area contributed by atoms with Crippen molar-refractivity contribution in [3.05, 3.63) is 10.3 Å². The molecule has 0 aliphatic carbocycles. The Morgan fingerprint density at radius 2 is 2.55 bits per heavy atom. The van der Waals surface area contributed by atoms with Crippen LogP contribution in [0.25, 0.3) is 0 Å². The van der Waals surface area contributed by atoms with Crippen LogP contribution in [0.15, 0.2) is 0 Å². The van der Waals surface area contributed by atoms with E-state index >= 15 is 0 Å². The van der Waals surface area contributed by atoms with E-state index < -0.39 is 0 Å². The highest BCUT2D eigenvalue weighted by Gasteiger charge is 2.08. The molecule has 0 unspecified atom stereocenters. The molecule has 2 N–H and O–H groups in total. The second kappa shape index (κ2) is 3.30. The van der Waals surface area contributed by atoms with Crippen molar-refractivity contribution in [1.82, 2.24) is 15.4 Å². The third kappa shape index (κ3) is 1.65. The Morgan fingerprint density at radius 1 is 1.82 bits per heavy atom. The van der Waals surface area contributed by atoms with E-state index in [4.69, 9.17) is 17.5 Å². The molecule has 1 aromatic heterocycles. The molecule has 0 aliphatic heterocycles. The van der Waals surface area contributed by atoms with E-state index in [0.29, 0.717) is 11.1 Å². The van der Waals surface area contributed by atoms with Crippen molar-refractivity contribution >= 4 is 12.2 Å². The van der Waals surface area contributed by atoms with Crippen LogP contribution in [0.5, 0.6) is 0 Å². The monoisotopic (exact) mass is 168 g/mol. The predicted octanol–water partition coefficient (Wildman–Crippen LogP) is 1.48. The molecule has 0 aromatic carbocycles. The standard InChI is InChI=1S/C6H8N4S/c1-4(2-3-7)5-6(11)9-10-8-5/h4H,2H2,1H3,(H2,8,9,10,11)/t4-/m1/s1. The Labute approximate surface area is 69.2 Å². The first-order valence-corrected chi connectivity index (χ1v) is 3.66. The van der Waals surface area contributed by atoms with Gasteiger partial charge >= 0.3 is 0 Å². The average Bonchev–Trinajstić information content (AvgIpc) is 2.36. The normalized spacial score (nSPS) is 12.4. The lowest BCUT2D eigenvalue weighted by Crippen LogP contribution is -1.92. The van der Waals surface area contributed by atoms with Gasteiger partial charge in [0.05, 0.1) is 6.07 Å². The highest BCUT2D eigenvalue weighted by Crippen LogP contribution is 2.14. The number of hydrogen-bond donors (Lipinski definition) is 2. The third-order valence-electron chi connectivity index (χ3n) is 1.44. The van der Waals surface area contributed by atoms with Crippen molar-refractivity contribution in [3.8, 4) is 6.07 Å². The Kier molecular flexibility index (Phi) is 2.39. The first-order chi connectivity index (χ1) is 5.25. The summed E-state index contributed by atoms with van der Waals surface area (Å²) in [5, 5.41) is 17.5. The summed E-state index contributed by atoms with van der Waals surface area (Å²) in [6, 6.07) is 2.07. The molecule has 1 heterocycles. The van der Waals surface area contributed by atoms with Gasteiger partial charge in [-0.25, -0.2) is 5.21 Å². The summed E-state index contributed by atoms with van der Waals surface area (Å²) >= 11 is 4.92. The second-order valence-electron chi connectivity index (χ2n) is 2.33. The van der Waals surface area contributed by atoms with Gasteiger partial charge in [-0.3, -0.25) is 5.10 Å². The zero-order valence-corrected chi connectivity index (χ0v) is 6.90. The number of hydrogen-bond acceptors (Lipinski definition) is 3. The van der Waals surface area contributed by atoms with E-state index in [1.807, 2.05) is 6.92 Å². The molecule has 1 atom stereocenters. The minimum atomic E-state index is 0.106. The zero-order valence-electron chi connectivity index (χ0n) is 6.09. The largest absolute Gasteiger partial charge is 0.273 e. The molecular weight excluding hydrogens is 160 g/mol. The van der Waals surface area contributed by atoms with Crippen LogP contribution in [0, 0.1) is 16.0 Å². The van der Waals surface area contributed by atoms with E-state index in [2.05, 4.69) is 21.5 Å². The van der Waals surface area contributed by atoms with E-state index in [9.17, 15) is 0 Å². The van der Waals surface area contributed by atoms with E-state index in [-0.39, 0.29) is 5.92 Å². The fourth-order valence-electron chi connectivity index (χ4n) is 0.821. The van der Waals surface area contributed by atoms with E-state index in [0.717, 1.165) is 5.69 Å². The van der Waals surface area contributed by atoms with Gasteiger partial charge < -0.3 is 0 Å². The van der Waals surface area contributed by atoms with Crippen LogP contribution >= 0.6 is 12.2 Å². The van der Waals surface area contributed by atoms with Crippen molar-refractivity contribution in [3.63, 3.8) is 0 Å². The van der Waals surface area contributed by atoms with Gasteiger partial charge in [0.2, 0.25) is 0 Å². The highest BCUT2D eigenvalue weighted by atomic mass is 32.1. The number of nitrogens with zero attached hydrogens (tertiary/aromatic N) is 2. The van der Waals surface area contributed by atoms with Crippen molar-refractivity contribution in [2.75, 3.05) is 0 Å². The van der Waals surface area contributed by atoms with Crippen LogP contribution in [-0.4, -0.2) is 15.4 Å². The molecule has 0 fully saturated rings. The average molecular weight is 168 g/mol. The summed E-state index contributed by atoms with van der Waals surface area (Å²) in [5.41, 5.74) is 0.765. The van der Waals surface area contributed by atoms with Gasteiger partial charge in [-0.2, -0.15) is 10.4 Å². The minimum Gasteiger partial charge on any atom is -0.273 e. The fourth-order valence-corrected chi connectivity index (χ4v) is 1.11. The van der Waals surface area contributed by atoms with Gasteiger partial charge in [-0.15, -0.1) is 0 Å². The lowest BCUT2D eigenvalue weighted by molar-refractivity contribution is 0.746. The zero-order chi connectivity index (χ0) is 8.27. The molecular formula is C6H8N4S. The summed E-state index contributed by atoms with van der Waals surface area (Å²) in [4.78, 5) is 0. The maximum atomic E-state index is 8.39. The predicted molar refractivity (Wildman–Crippen MR) is 42.4 cm³/mol. The molecule has 0 saturated heterocycles. The van der Waals surface area contributed by atoms with Crippen molar-refractivity contribution in [2.45, 2.75) is 19.3 Å². The Morgan fingerprint density at radius 3 is 3.00 bits per heavy atom. The van der Waals surface area contributed by atoms with Crippen LogP contribution in [-0.2, 0) is 0 Å². The molecule has 1 aromatic rings. The van der Waals surface area contributed by atoms with Crippen molar-refractivity contribution < 1.29 is 0 Å². The molecule has 0 aliphatic rings. The fraction of sp³-hybridized carbons (Fsp3) is 0.500. The number of nitrogens with one attached hydrogen (secondary N) is 2. The number of H-pyrrole nitrogens is 2. The number of aromatic amines is 2. The molecule has 4 nitrogen and oxygen atoms in total. The first-order valence-electron chi connectivity index (χ1n) is 3.25. The number of aromatic nitrogens is 3. The van der Waals surface area contributed by atoms with Gasteiger partial charge in [-0.05, 0) is 0 Å². The van der Waals surface area contributed by atoms with Crippen LogP contribution in [0.1, 0.15) is 25.0 Å². The quantitative estimate of drug-likeness (QED) is 0.657. The summed E-state index contributed by atoms with van der Waals surface area (Å²) in [6.45, 7) is 1.92. The molecule has 1 rings (SSSR count). The topological polar surface area (TPSA) is 68.3 Å². The lowest BCUT2D eigenvalue weighted by atomic mass is 10.1. The van der Waals surface area contributed by atoms with Crippen LogP contribution in [0.4, 0.5) is 0 Å². The molecule has 0 bridgehead atoms. The summed E-state index contributed by atoms with van der Waals surface area (Å²) in [6.07, 6.45) is 0.447. The lowest BCUT2D eigenvalue weighted by Gasteiger charge is -1.98. The first kappa shape index (κ1) is 7.95. The smallest absolute Gasteiger partial charge is 0.142 e. The highest BCUT2D eigenvalue weighted by molar-refractivity contribution is 7.71. The van der Waals surface area contributed by atoms with Gasteiger partial charge in [0, 0.05) is 12.3 Å². The molecule has 0 saturated carbocycles. The van der Waals surface area contributed by atoms with Crippen LogP contribution in [0.2, 0.25) is 0 Å². The van der Waals surface area contributed by atoms with Gasteiger partial charge in [0.15, 0.2) is 0 Å². The SMILES string of the molecule is C[C@H](CC#N)c1n[nH][nH]c1=S. The van der Waals surface area contributed by atoms with Gasteiger partial charge in [-0.1, -0.05) is 19.1 Å². The summed E-state index contributed by atoms with van der Waals surface area (Å²) < 4.78 is 0.591. The molecule has 0 radical (unpaired) electrons. The van der Waals surface area contributed by atoms with Crippen molar-refractivity contribution in [2.24, 2.45) is 0 Å². The second-order valence-corrected chi connectivity index (χ2v) is 2.73. The minimum absolute atomic E-state index is 0.106. The molecule has 5 heteroatoms. The van der Waals surface area contributed by atoms with Gasteiger partial charge in [0.25, 0.3) is 0 Å². The Bertz CT molecular complexity index is 318. The van der Waals surface area contributed by atoms with Crippen LogP contribution in [0.3, 0.4) is 0 Å². The molecule has 11 heavy (non-hydrogen) atoms. The maximum Gasteiger partial charge on any atom is 0.142 e. The molecule has 58 valence electrons. The van der Waals surface area contributed by atoms with E-state index in [1.165, 1.54) is 0 Å². The molecule has 0 spiro atoms. The van der Waals surface area contributed by atoms with E-state index in [1.54, 1.807) is 0 Å². The maximum absolute atomic E-state index is 8.39. The van der Waals surface area contributed by atoms with Crippen molar-refractivity contribution in [1.29, 1.82) is 5.26 Å². The number of nitriles is 1. The third-order valence-corrected chi connectivity index (χ3v) is 1.75. The Balaban J connectivity index is 2.86. The molecule has 0 amide bonds. The Hall–Kier alpha value is -1.15. The van der Waals surface area contributed by atoms with Gasteiger partial charge in [0.1, 0.15) is 10.3 Å². The number of rotatable bonds is 2. The van der Waals surface area contributed by atoms with Crippen LogP contribution < -0.4 is 0 Å².